The minimum absolute atomic E-state index is 0. The highest BCUT2D eigenvalue weighted by Gasteiger charge is 2.29. The van der Waals surface area contributed by atoms with Gasteiger partial charge in [0.25, 0.3) is 0 Å². The van der Waals surface area contributed by atoms with Crippen LogP contribution in [0.3, 0.4) is 0 Å². The van der Waals surface area contributed by atoms with Gasteiger partial charge in [0.2, 0.25) is 0 Å². The Morgan fingerprint density at radius 3 is 2.54 bits per heavy atom. The summed E-state index contributed by atoms with van der Waals surface area (Å²) < 4.78 is 6.39. The van der Waals surface area contributed by atoms with Crippen LogP contribution in [0.5, 0.6) is 0 Å². The van der Waals surface area contributed by atoms with E-state index in [0.717, 1.165) is 23.5 Å². The van der Waals surface area contributed by atoms with Crippen LogP contribution < -0.4 is 5.32 Å². The third kappa shape index (κ3) is 6.85. The van der Waals surface area contributed by atoms with Gasteiger partial charge in [-0.15, -0.1) is 24.0 Å². The molecular weight excluding hydrogens is 485 g/mol. The van der Waals surface area contributed by atoms with E-state index < -0.39 is 5.60 Å². The molecule has 1 aliphatic heterocycles. The summed E-state index contributed by atoms with van der Waals surface area (Å²) >= 11 is 3.45. The van der Waals surface area contributed by atoms with E-state index in [1.54, 1.807) is 0 Å². The quantitative estimate of drug-likeness (QED) is 0.362. The summed E-state index contributed by atoms with van der Waals surface area (Å²) in [6, 6.07) is 8.27. The van der Waals surface area contributed by atoms with Crippen molar-refractivity contribution in [3.63, 3.8) is 0 Å². The first kappa shape index (κ1) is 21.7. The van der Waals surface area contributed by atoms with E-state index in [1.165, 1.54) is 5.56 Å². The van der Waals surface area contributed by atoms with Crippen LogP contribution in [0.1, 0.15) is 25.3 Å². The zero-order valence-corrected chi connectivity index (χ0v) is 18.2. The molecule has 1 fully saturated rings. The minimum atomic E-state index is -0.739. The highest BCUT2D eigenvalue weighted by atomic mass is 127. The monoisotopic (exact) mass is 511 g/mol. The molecule has 1 aromatic rings. The van der Waals surface area contributed by atoms with Gasteiger partial charge >= 0.3 is 0 Å². The molecule has 2 rings (SSSR count). The van der Waals surface area contributed by atoms with Crippen molar-refractivity contribution in [2.45, 2.75) is 31.9 Å². The van der Waals surface area contributed by atoms with Crippen molar-refractivity contribution in [3.8, 4) is 0 Å². The molecule has 7 heteroatoms. The van der Waals surface area contributed by atoms with E-state index in [2.05, 4.69) is 43.3 Å². The molecular formula is C17H27BrIN3O2. The average Bonchev–Trinajstić information content (AvgIpc) is 2.54. The fourth-order valence-electron chi connectivity index (χ4n) is 2.54. The predicted molar refractivity (Wildman–Crippen MR) is 112 cm³/mol. The molecule has 0 amide bonds. The number of benzene rings is 1. The summed E-state index contributed by atoms with van der Waals surface area (Å²) in [5.41, 5.74) is 0.475. The summed E-state index contributed by atoms with van der Waals surface area (Å²) in [5, 5.41) is 13.8. The van der Waals surface area contributed by atoms with Crippen molar-refractivity contribution in [3.05, 3.63) is 34.3 Å². The van der Waals surface area contributed by atoms with Gasteiger partial charge in [0.1, 0.15) is 0 Å². The van der Waals surface area contributed by atoms with Gasteiger partial charge in [-0.1, -0.05) is 28.1 Å². The van der Waals surface area contributed by atoms with Crippen LogP contribution in [0.15, 0.2) is 33.7 Å². The van der Waals surface area contributed by atoms with Crippen LogP contribution in [0.25, 0.3) is 0 Å². The first-order valence-electron chi connectivity index (χ1n) is 8.06. The summed E-state index contributed by atoms with van der Waals surface area (Å²) in [7, 11) is 2.01. The summed E-state index contributed by atoms with van der Waals surface area (Å²) in [6.45, 7) is 5.23. The second kappa shape index (κ2) is 10.6. The molecule has 1 aliphatic rings. The maximum atomic E-state index is 10.6. The highest BCUT2D eigenvalue weighted by Crippen LogP contribution is 2.20. The molecule has 0 bridgehead atoms. The lowest BCUT2D eigenvalue weighted by Crippen LogP contribution is -2.43. The molecule has 0 spiro atoms. The Morgan fingerprint density at radius 2 is 1.96 bits per heavy atom. The van der Waals surface area contributed by atoms with Gasteiger partial charge in [-0.2, -0.15) is 0 Å². The Balaban J connectivity index is 0.00000288. The molecule has 0 atom stereocenters. The summed E-state index contributed by atoms with van der Waals surface area (Å²) in [5.74, 6) is 0.815. The number of hydrogen-bond donors (Lipinski definition) is 2. The lowest BCUT2D eigenvalue weighted by molar-refractivity contribution is -0.0566. The Hall–Kier alpha value is -0.380. The minimum Gasteiger partial charge on any atom is -0.388 e. The fourth-order valence-corrected chi connectivity index (χ4v) is 2.80. The van der Waals surface area contributed by atoms with Gasteiger partial charge in [-0.3, -0.25) is 4.99 Å². The normalized spacial score (nSPS) is 17.1. The number of nitrogens with zero attached hydrogens (tertiary/aromatic N) is 2. The topological polar surface area (TPSA) is 57.1 Å². The van der Waals surface area contributed by atoms with Gasteiger partial charge in [-0.25, -0.2) is 0 Å². The van der Waals surface area contributed by atoms with Crippen molar-refractivity contribution in [2.75, 3.05) is 33.4 Å². The van der Waals surface area contributed by atoms with Crippen LogP contribution in [0.4, 0.5) is 0 Å². The Morgan fingerprint density at radius 1 is 1.33 bits per heavy atom. The Bertz CT molecular complexity index is 519. The van der Waals surface area contributed by atoms with E-state index in [9.17, 15) is 5.11 Å². The lowest BCUT2D eigenvalue weighted by Gasteiger charge is -2.31. The number of ether oxygens (including phenoxy) is 1. The third-order valence-electron chi connectivity index (χ3n) is 3.98. The van der Waals surface area contributed by atoms with Gasteiger partial charge in [-0.05, 0) is 24.6 Å². The molecule has 1 heterocycles. The predicted octanol–water partition coefficient (Wildman–Crippen LogP) is 3.01. The van der Waals surface area contributed by atoms with Crippen molar-refractivity contribution >= 4 is 45.9 Å². The van der Waals surface area contributed by atoms with Crippen molar-refractivity contribution in [1.82, 2.24) is 10.2 Å². The number of nitrogens with one attached hydrogen (secondary N) is 1. The molecule has 0 unspecified atom stereocenters. The molecule has 0 aromatic heterocycles. The first-order chi connectivity index (χ1) is 11.0. The number of aliphatic hydroxyl groups is 1. The Kier molecular flexibility index (Phi) is 9.54. The largest absolute Gasteiger partial charge is 0.388 e. The van der Waals surface area contributed by atoms with Gasteiger partial charge in [0.15, 0.2) is 5.96 Å². The smallest absolute Gasteiger partial charge is 0.194 e. The van der Waals surface area contributed by atoms with E-state index in [4.69, 9.17) is 4.74 Å². The van der Waals surface area contributed by atoms with Crippen molar-refractivity contribution in [2.24, 2.45) is 4.99 Å². The van der Waals surface area contributed by atoms with E-state index in [1.807, 2.05) is 26.1 Å². The summed E-state index contributed by atoms with van der Waals surface area (Å²) in [6.07, 6.45) is 1.29. The molecule has 1 aromatic carbocycles. The van der Waals surface area contributed by atoms with Crippen LogP contribution >= 0.6 is 39.9 Å². The zero-order chi connectivity index (χ0) is 16.7. The zero-order valence-electron chi connectivity index (χ0n) is 14.3. The standard InChI is InChI=1S/C17H26BrN3O2.HI/c1-3-19-16(20-13-17(22)8-10-23-11-9-17)21(2)12-14-4-6-15(18)7-5-14;/h4-7,22H,3,8-13H2,1-2H3,(H,19,20);1H. The van der Waals surface area contributed by atoms with E-state index in [-0.39, 0.29) is 24.0 Å². The van der Waals surface area contributed by atoms with Crippen LogP contribution in [0, 0.1) is 0 Å². The van der Waals surface area contributed by atoms with Crippen LogP contribution in [-0.4, -0.2) is 54.9 Å². The molecule has 2 N–H and O–H groups in total. The van der Waals surface area contributed by atoms with E-state index in [0.29, 0.717) is 32.6 Å². The van der Waals surface area contributed by atoms with Crippen molar-refractivity contribution < 1.29 is 9.84 Å². The second-order valence-electron chi connectivity index (χ2n) is 5.99. The maximum absolute atomic E-state index is 10.6. The van der Waals surface area contributed by atoms with Gasteiger partial charge in [0, 0.05) is 50.7 Å². The fraction of sp³-hybridized carbons (Fsp3) is 0.588. The molecule has 136 valence electrons. The average molecular weight is 512 g/mol. The Labute approximate surface area is 170 Å². The molecule has 0 saturated carbocycles. The SMILES string of the molecule is CCNC(=NCC1(O)CCOCC1)N(C)Cc1ccc(Br)cc1.I. The lowest BCUT2D eigenvalue weighted by atomic mass is 9.95. The summed E-state index contributed by atoms with van der Waals surface area (Å²) in [4.78, 5) is 6.72. The van der Waals surface area contributed by atoms with Gasteiger partial charge in [0.05, 0.1) is 12.1 Å². The number of hydrogen-bond acceptors (Lipinski definition) is 3. The van der Waals surface area contributed by atoms with Gasteiger partial charge < -0.3 is 20.1 Å². The number of halogens is 2. The second-order valence-corrected chi connectivity index (χ2v) is 6.91. The number of aliphatic imine (C=N–C) groups is 1. The molecule has 1 saturated heterocycles. The van der Waals surface area contributed by atoms with Crippen molar-refractivity contribution in [1.29, 1.82) is 0 Å². The number of guanidine groups is 1. The molecule has 5 nitrogen and oxygen atoms in total. The molecule has 0 aliphatic carbocycles. The third-order valence-corrected chi connectivity index (χ3v) is 4.50. The number of rotatable bonds is 5. The van der Waals surface area contributed by atoms with E-state index >= 15 is 0 Å². The van der Waals surface area contributed by atoms with Crippen LogP contribution in [0.2, 0.25) is 0 Å². The molecule has 24 heavy (non-hydrogen) atoms. The van der Waals surface area contributed by atoms with Crippen LogP contribution in [-0.2, 0) is 11.3 Å². The maximum Gasteiger partial charge on any atom is 0.194 e. The highest BCUT2D eigenvalue weighted by molar-refractivity contribution is 14.0. The first-order valence-corrected chi connectivity index (χ1v) is 8.86. The molecule has 0 radical (unpaired) electrons.